The molecule has 0 spiro atoms. The van der Waals surface area contributed by atoms with Crippen molar-refractivity contribution >= 4 is 17.1 Å². The first-order valence-electron chi connectivity index (χ1n) is 8.17. The molecule has 0 saturated heterocycles. The van der Waals surface area contributed by atoms with E-state index < -0.39 is 0 Å². The molecule has 3 aromatic heterocycles. The van der Waals surface area contributed by atoms with Gasteiger partial charge in [0.15, 0.2) is 0 Å². The SMILES string of the molecule is C=Cc1nn(C(C)C)c2c(C)cc(-c3cccnc3OCC)nc12. The van der Waals surface area contributed by atoms with E-state index in [9.17, 15) is 0 Å². The van der Waals surface area contributed by atoms with Crippen LogP contribution in [-0.4, -0.2) is 26.4 Å². The third kappa shape index (κ3) is 2.66. The molecular formula is C19H22N4O. The smallest absolute Gasteiger partial charge is 0.222 e. The Morgan fingerprint density at radius 1 is 1.38 bits per heavy atom. The van der Waals surface area contributed by atoms with Crippen LogP contribution in [0, 0.1) is 6.92 Å². The molecule has 0 N–H and O–H groups in total. The molecule has 5 nitrogen and oxygen atoms in total. The molecule has 24 heavy (non-hydrogen) atoms. The van der Waals surface area contributed by atoms with Crippen LogP contribution in [0.3, 0.4) is 0 Å². The lowest BCUT2D eigenvalue weighted by atomic mass is 10.1. The number of nitrogens with zero attached hydrogens (tertiary/aromatic N) is 4. The summed E-state index contributed by atoms with van der Waals surface area (Å²) in [5, 5.41) is 4.65. The summed E-state index contributed by atoms with van der Waals surface area (Å²) in [6.45, 7) is 12.7. The van der Waals surface area contributed by atoms with E-state index in [-0.39, 0.29) is 6.04 Å². The van der Waals surface area contributed by atoms with Crippen molar-refractivity contribution in [2.45, 2.75) is 33.7 Å². The van der Waals surface area contributed by atoms with Gasteiger partial charge in [0.05, 0.1) is 23.4 Å². The third-order valence-electron chi connectivity index (χ3n) is 3.88. The maximum atomic E-state index is 5.65. The molecular weight excluding hydrogens is 300 g/mol. The number of aryl methyl sites for hydroxylation is 1. The van der Waals surface area contributed by atoms with Crippen molar-refractivity contribution in [1.29, 1.82) is 0 Å². The molecule has 3 rings (SSSR count). The van der Waals surface area contributed by atoms with Crippen LogP contribution in [0.15, 0.2) is 31.0 Å². The van der Waals surface area contributed by atoms with Crippen LogP contribution in [0.5, 0.6) is 5.88 Å². The van der Waals surface area contributed by atoms with Gasteiger partial charge in [-0.2, -0.15) is 5.10 Å². The van der Waals surface area contributed by atoms with Crippen LogP contribution in [0.25, 0.3) is 28.4 Å². The van der Waals surface area contributed by atoms with Crippen molar-refractivity contribution in [3.05, 3.63) is 42.2 Å². The van der Waals surface area contributed by atoms with E-state index in [1.54, 1.807) is 12.3 Å². The van der Waals surface area contributed by atoms with Gasteiger partial charge in [0, 0.05) is 12.2 Å². The number of hydrogen-bond acceptors (Lipinski definition) is 4. The Labute approximate surface area is 142 Å². The summed E-state index contributed by atoms with van der Waals surface area (Å²) in [5.41, 5.74) is 5.55. The second-order valence-corrected chi connectivity index (χ2v) is 5.94. The Morgan fingerprint density at radius 2 is 2.17 bits per heavy atom. The lowest BCUT2D eigenvalue weighted by Crippen LogP contribution is -2.04. The number of rotatable bonds is 5. The summed E-state index contributed by atoms with van der Waals surface area (Å²) in [7, 11) is 0. The van der Waals surface area contributed by atoms with E-state index in [4.69, 9.17) is 9.72 Å². The largest absolute Gasteiger partial charge is 0.477 e. The molecule has 0 radical (unpaired) electrons. The first-order valence-corrected chi connectivity index (χ1v) is 8.17. The first-order chi connectivity index (χ1) is 11.6. The van der Waals surface area contributed by atoms with Crippen molar-refractivity contribution in [3.8, 4) is 17.1 Å². The van der Waals surface area contributed by atoms with E-state index in [1.165, 1.54) is 0 Å². The van der Waals surface area contributed by atoms with Crippen LogP contribution < -0.4 is 4.74 Å². The standard InChI is InChI=1S/C19H22N4O/c1-6-15-17-18(23(22-15)12(3)4)13(5)11-16(21-17)14-9-8-10-20-19(14)24-7-2/h6,8-12H,1,7H2,2-5H3. The topological polar surface area (TPSA) is 52.8 Å². The second-order valence-electron chi connectivity index (χ2n) is 5.94. The third-order valence-corrected chi connectivity index (χ3v) is 3.88. The Bertz CT molecular complexity index is 896. The van der Waals surface area contributed by atoms with Gasteiger partial charge in [0.25, 0.3) is 0 Å². The zero-order valence-electron chi connectivity index (χ0n) is 14.6. The Kier molecular flexibility index (Phi) is 4.34. The summed E-state index contributed by atoms with van der Waals surface area (Å²) in [6.07, 6.45) is 3.48. The zero-order valence-corrected chi connectivity index (χ0v) is 14.6. The predicted octanol–water partition coefficient (Wildman–Crippen LogP) is 4.42. The molecule has 0 saturated carbocycles. The molecule has 3 aromatic rings. The fourth-order valence-corrected chi connectivity index (χ4v) is 2.83. The number of pyridine rings is 2. The lowest BCUT2D eigenvalue weighted by Gasteiger charge is -2.11. The lowest BCUT2D eigenvalue weighted by molar-refractivity contribution is 0.328. The summed E-state index contributed by atoms with van der Waals surface area (Å²) < 4.78 is 7.66. The van der Waals surface area contributed by atoms with Crippen LogP contribution in [0.1, 0.15) is 38.1 Å². The highest BCUT2D eigenvalue weighted by Gasteiger charge is 2.17. The van der Waals surface area contributed by atoms with Crippen LogP contribution in [-0.2, 0) is 0 Å². The van der Waals surface area contributed by atoms with Crippen LogP contribution in [0.4, 0.5) is 0 Å². The van der Waals surface area contributed by atoms with E-state index in [2.05, 4.69) is 43.5 Å². The van der Waals surface area contributed by atoms with Gasteiger partial charge in [-0.15, -0.1) is 0 Å². The van der Waals surface area contributed by atoms with Crippen molar-refractivity contribution in [1.82, 2.24) is 19.7 Å². The minimum Gasteiger partial charge on any atom is -0.477 e. The van der Waals surface area contributed by atoms with Crippen molar-refractivity contribution in [3.63, 3.8) is 0 Å². The summed E-state index contributed by atoms with van der Waals surface area (Å²) >= 11 is 0. The van der Waals surface area contributed by atoms with E-state index in [0.717, 1.165) is 33.5 Å². The van der Waals surface area contributed by atoms with Crippen molar-refractivity contribution in [2.75, 3.05) is 6.61 Å². The fraction of sp³-hybridized carbons (Fsp3) is 0.316. The highest BCUT2D eigenvalue weighted by Crippen LogP contribution is 2.32. The minimum absolute atomic E-state index is 0.255. The van der Waals surface area contributed by atoms with Crippen molar-refractivity contribution in [2.24, 2.45) is 0 Å². The molecule has 0 aliphatic heterocycles. The number of aromatic nitrogens is 4. The first kappa shape index (κ1) is 16.2. The van der Waals surface area contributed by atoms with Gasteiger partial charge in [-0.3, -0.25) is 4.68 Å². The van der Waals surface area contributed by atoms with Crippen molar-refractivity contribution < 1.29 is 4.74 Å². The summed E-state index contributed by atoms with van der Waals surface area (Å²) in [6, 6.07) is 6.19. The quantitative estimate of drug-likeness (QED) is 0.697. The summed E-state index contributed by atoms with van der Waals surface area (Å²) in [5.74, 6) is 0.600. The molecule has 0 amide bonds. The molecule has 0 fully saturated rings. The molecule has 3 heterocycles. The maximum Gasteiger partial charge on any atom is 0.222 e. The zero-order chi connectivity index (χ0) is 17.3. The van der Waals surface area contributed by atoms with E-state index >= 15 is 0 Å². The van der Waals surface area contributed by atoms with Crippen LogP contribution in [0.2, 0.25) is 0 Å². The fourth-order valence-electron chi connectivity index (χ4n) is 2.83. The van der Waals surface area contributed by atoms with Gasteiger partial charge in [-0.25, -0.2) is 9.97 Å². The molecule has 0 bridgehead atoms. The predicted molar refractivity (Wildman–Crippen MR) is 97.1 cm³/mol. The van der Waals surface area contributed by atoms with Gasteiger partial charge in [0.1, 0.15) is 11.2 Å². The molecule has 0 aliphatic rings. The average molecular weight is 322 g/mol. The van der Waals surface area contributed by atoms with Gasteiger partial charge in [-0.1, -0.05) is 6.58 Å². The molecule has 5 heteroatoms. The minimum atomic E-state index is 0.255. The number of ether oxygens (including phenoxy) is 1. The van der Waals surface area contributed by atoms with E-state index in [0.29, 0.717) is 12.5 Å². The molecule has 0 unspecified atom stereocenters. The van der Waals surface area contributed by atoms with E-state index in [1.807, 2.05) is 23.7 Å². The van der Waals surface area contributed by atoms with Gasteiger partial charge < -0.3 is 4.74 Å². The highest BCUT2D eigenvalue weighted by atomic mass is 16.5. The molecule has 0 aromatic carbocycles. The van der Waals surface area contributed by atoms with Gasteiger partial charge >= 0.3 is 0 Å². The average Bonchev–Trinajstić information content (AvgIpc) is 2.95. The normalized spacial score (nSPS) is 11.2. The van der Waals surface area contributed by atoms with Gasteiger partial charge in [0.2, 0.25) is 5.88 Å². The number of fused-ring (bicyclic) bond motifs is 1. The Morgan fingerprint density at radius 3 is 2.83 bits per heavy atom. The molecule has 124 valence electrons. The van der Waals surface area contributed by atoms with Crippen LogP contribution >= 0.6 is 0 Å². The molecule has 0 aliphatic carbocycles. The Hall–Kier alpha value is -2.69. The second kappa shape index (κ2) is 6.43. The molecule has 0 atom stereocenters. The summed E-state index contributed by atoms with van der Waals surface area (Å²) in [4.78, 5) is 9.18. The monoisotopic (exact) mass is 322 g/mol. The Balaban J connectivity index is 2.27. The highest BCUT2D eigenvalue weighted by molar-refractivity contribution is 5.88. The number of hydrogen-bond donors (Lipinski definition) is 0. The maximum absolute atomic E-state index is 5.65. The van der Waals surface area contributed by atoms with Gasteiger partial charge in [-0.05, 0) is 57.5 Å².